The van der Waals surface area contributed by atoms with Crippen molar-refractivity contribution in [2.75, 3.05) is 11.9 Å². The second kappa shape index (κ2) is 8.93. The molecule has 0 aliphatic rings. The zero-order valence-corrected chi connectivity index (χ0v) is 17.0. The standard InChI is InChI=1S/C24H22ClN3O/c1-2-3-15-29-20-13-11-17(12-14-20)23-21-9-4-5-10-22(21)24(28-27-23)26-19-8-6-7-18(25)16-19/h4-14,16H,2-3,15H2,1H3,(H,26,28). The van der Waals surface area contributed by atoms with E-state index in [1.54, 1.807) is 0 Å². The van der Waals surface area contributed by atoms with Crippen molar-refractivity contribution >= 4 is 33.9 Å². The molecular weight excluding hydrogens is 382 g/mol. The lowest BCUT2D eigenvalue weighted by Gasteiger charge is -2.12. The Kier molecular flexibility index (Phi) is 5.92. The Labute approximate surface area is 175 Å². The van der Waals surface area contributed by atoms with E-state index in [0.717, 1.165) is 52.9 Å². The molecule has 0 unspecified atom stereocenters. The quantitative estimate of drug-likeness (QED) is 0.342. The number of fused-ring (bicyclic) bond motifs is 1. The van der Waals surface area contributed by atoms with E-state index in [1.165, 1.54) is 0 Å². The summed E-state index contributed by atoms with van der Waals surface area (Å²) >= 11 is 6.10. The normalized spacial score (nSPS) is 10.8. The summed E-state index contributed by atoms with van der Waals surface area (Å²) in [6, 6.07) is 23.7. The van der Waals surface area contributed by atoms with E-state index in [1.807, 2.05) is 66.7 Å². The third-order valence-electron chi connectivity index (χ3n) is 4.67. The Hall–Kier alpha value is -3.11. The van der Waals surface area contributed by atoms with Crippen LogP contribution in [0.4, 0.5) is 11.5 Å². The fourth-order valence-corrected chi connectivity index (χ4v) is 3.35. The first-order chi connectivity index (χ1) is 14.2. The number of hydrogen-bond donors (Lipinski definition) is 1. The number of halogens is 1. The lowest BCUT2D eigenvalue weighted by Crippen LogP contribution is -1.99. The molecule has 0 aliphatic heterocycles. The molecule has 4 aromatic rings. The van der Waals surface area contributed by atoms with Crippen molar-refractivity contribution in [1.29, 1.82) is 0 Å². The Morgan fingerprint density at radius 2 is 1.69 bits per heavy atom. The van der Waals surface area contributed by atoms with Crippen molar-refractivity contribution in [3.05, 3.63) is 77.8 Å². The molecule has 1 aromatic heterocycles. The van der Waals surface area contributed by atoms with E-state index in [0.29, 0.717) is 10.8 Å². The summed E-state index contributed by atoms with van der Waals surface area (Å²) in [5.74, 6) is 1.57. The van der Waals surface area contributed by atoms with E-state index in [9.17, 15) is 0 Å². The highest BCUT2D eigenvalue weighted by atomic mass is 35.5. The molecule has 0 radical (unpaired) electrons. The number of anilines is 2. The van der Waals surface area contributed by atoms with Gasteiger partial charge in [-0.1, -0.05) is 55.3 Å². The molecule has 0 bridgehead atoms. The Bertz CT molecular complexity index is 1110. The van der Waals surface area contributed by atoms with Crippen LogP contribution in [-0.4, -0.2) is 16.8 Å². The maximum absolute atomic E-state index is 6.10. The average Bonchev–Trinajstić information content (AvgIpc) is 2.75. The fraction of sp³-hybridized carbons (Fsp3) is 0.167. The average molecular weight is 404 g/mol. The highest BCUT2D eigenvalue weighted by molar-refractivity contribution is 6.30. The molecule has 146 valence electrons. The summed E-state index contributed by atoms with van der Waals surface area (Å²) in [5.41, 5.74) is 2.72. The number of rotatable bonds is 7. The second-order valence-electron chi connectivity index (χ2n) is 6.80. The van der Waals surface area contributed by atoms with Gasteiger partial charge in [0.1, 0.15) is 11.4 Å². The molecule has 0 fully saturated rings. The van der Waals surface area contributed by atoms with Gasteiger partial charge in [0.2, 0.25) is 0 Å². The minimum Gasteiger partial charge on any atom is -0.494 e. The molecular formula is C24H22ClN3O. The van der Waals surface area contributed by atoms with Crippen LogP contribution in [0.1, 0.15) is 19.8 Å². The van der Waals surface area contributed by atoms with Gasteiger partial charge in [0.05, 0.1) is 6.61 Å². The first kappa shape index (κ1) is 19.2. The molecule has 1 N–H and O–H groups in total. The van der Waals surface area contributed by atoms with Gasteiger partial charge in [-0.25, -0.2) is 0 Å². The van der Waals surface area contributed by atoms with Crippen LogP contribution in [0.25, 0.3) is 22.0 Å². The van der Waals surface area contributed by atoms with Crippen LogP contribution in [0, 0.1) is 0 Å². The molecule has 5 heteroatoms. The number of aromatic nitrogens is 2. The molecule has 0 spiro atoms. The third-order valence-corrected chi connectivity index (χ3v) is 4.90. The van der Waals surface area contributed by atoms with Crippen molar-refractivity contribution < 1.29 is 4.74 Å². The number of unbranched alkanes of at least 4 members (excludes halogenated alkanes) is 1. The third kappa shape index (κ3) is 4.49. The van der Waals surface area contributed by atoms with Crippen LogP contribution in [0.2, 0.25) is 5.02 Å². The predicted molar refractivity (Wildman–Crippen MR) is 120 cm³/mol. The maximum Gasteiger partial charge on any atom is 0.161 e. The first-order valence-corrected chi connectivity index (χ1v) is 10.1. The minimum atomic E-state index is 0.671. The highest BCUT2D eigenvalue weighted by Gasteiger charge is 2.11. The van der Waals surface area contributed by atoms with E-state index < -0.39 is 0 Å². The topological polar surface area (TPSA) is 47.0 Å². The molecule has 4 nitrogen and oxygen atoms in total. The van der Waals surface area contributed by atoms with Crippen molar-refractivity contribution in [2.45, 2.75) is 19.8 Å². The summed E-state index contributed by atoms with van der Waals surface area (Å²) in [6.07, 6.45) is 2.17. The number of nitrogens with one attached hydrogen (secondary N) is 1. The van der Waals surface area contributed by atoms with Crippen molar-refractivity contribution in [3.63, 3.8) is 0 Å². The van der Waals surface area contributed by atoms with E-state index >= 15 is 0 Å². The van der Waals surface area contributed by atoms with Gasteiger partial charge in [-0.3, -0.25) is 0 Å². The summed E-state index contributed by atoms with van der Waals surface area (Å²) in [7, 11) is 0. The zero-order chi connectivity index (χ0) is 20.1. The molecule has 3 aromatic carbocycles. The molecule has 4 rings (SSSR count). The van der Waals surface area contributed by atoms with Gasteiger partial charge in [0, 0.05) is 27.0 Å². The fourth-order valence-electron chi connectivity index (χ4n) is 3.16. The largest absolute Gasteiger partial charge is 0.494 e. The Balaban J connectivity index is 1.66. The molecule has 0 atom stereocenters. The van der Waals surface area contributed by atoms with E-state index in [2.05, 4.69) is 28.5 Å². The first-order valence-electron chi connectivity index (χ1n) is 9.76. The van der Waals surface area contributed by atoms with Crippen LogP contribution in [0.3, 0.4) is 0 Å². The molecule has 0 saturated carbocycles. The molecule has 0 aliphatic carbocycles. The van der Waals surface area contributed by atoms with Crippen molar-refractivity contribution in [2.24, 2.45) is 0 Å². The monoisotopic (exact) mass is 403 g/mol. The van der Waals surface area contributed by atoms with Crippen LogP contribution in [0.15, 0.2) is 72.8 Å². The highest BCUT2D eigenvalue weighted by Crippen LogP contribution is 2.32. The van der Waals surface area contributed by atoms with Gasteiger partial charge >= 0.3 is 0 Å². The molecule has 29 heavy (non-hydrogen) atoms. The van der Waals surface area contributed by atoms with Gasteiger partial charge in [0.25, 0.3) is 0 Å². The molecule has 1 heterocycles. The van der Waals surface area contributed by atoms with Crippen molar-refractivity contribution in [1.82, 2.24) is 10.2 Å². The summed E-state index contributed by atoms with van der Waals surface area (Å²) < 4.78 is 5.76. The van der Waals surface area contributed by atoms with Gasteiger partial charge < -0.3 is 10.1 Å². The number of benzene rings is 3. The number of nitrogens with zero attached hydrogens (tertiary/aromatic N) is 2. The van der Waals surface area contributed by atoms with Gasteiger partial charge in [0.15, 0.2) is 5.82 Å². The van der Waals surface area contributed by atoms with E-state index in [4.69, 9.17) is 16.3 Å². The number of hydrogen-bond acceptors (Lipinski definition) is 4. The SMILES string of the molecule is CCCCOc1ccc(-c2nnc(Nc3cccc(Cl)c3)c3ccccc23)cc1. The van der Waals surface area contributed by atoms with Gasteiger partial charge in [-0.05, 0) is 48.9 Å². The van der Waals surface area contributed by atoms with E-state index in [-0.39, 0.29) is 0 Å². The molecule has 0 saturated heterocycles. The van der Waals surface area contributed by atoms with Gasteiger partial charge in [-0.15, -0.1) is 10.2 Å². The van der Waals surface area contributed by atoms with Crippen LogP contribution in [-0.2, 0) is 0 Å². The smallest absolute Gasteiger partial charge is 0.161 e. The minimum absolute atomic E-state index is 0.671. The van der Waals surface area contributed by atoms with Crippen molar-refractivity contribution in [3.8, 4) is 17.0 Å². The Morgan fingerprint density at radius 3 is 2.45 bits per heavy atom. The predicted octanol–water partition coefficient (Wildman–Crippen LogP) is 6.87. The summed E-state index contributed by atoms with van der Waals surface area (Å²) in [4.78, 5) is 0. The maximum atomic E-state index is 6.10. The lowest BCUT2D eigenvalue weighted by molar-refractivity contribution is 0.309. The van der Waals surface area contributed by atoms with Gasteiger partial charge in [-0.2, -0.15) is 0 Å². The summed E-state index contributed by atoms with van der Waals surface area (Å²) in [6.45, 7) is 2.89. The van der Waals surface area contributed by atoms with Crippen LogP contribution in [0.5, 0.6) is 5.75 Å². The lowest BCUT2D eigenvalue weighted by atomic mass is 10.0. The Morgan fingerprint density at radius 1 is 0.897 bits per heavy atom. The second-order valence-corrected chi connectivity index (χ2v) is 7.24. The number of ether oxygens (including phenoxy) is 1. The van der Waals surface area contributed by atoms with Crippen LogP contribution >= 0.6 is 11.6 Å². The summed E-state index contributed by atoms with van der Waals surface area (Å²) in [5, 5.41) is 15.0. The van der Waals surface area contributed by atoms with Crippen LogP contribution < -0.4 is 10.1 Å². The zero-order valence-electron chi connectivity index (χ0n) is 16.2. The molecule has 0 amide bonds.